The number of nitrogens with zero attached hydrogens (tertiary/aromatic N) is 2. The van der Waals surface area contributed by atoms with Gasteiger partial charge in [0, 0.05) is 6.07 Å². The third-order valence-electron chi connectivity index (χ3n) is 2.06. The molecule has 1 aromatic carbocycles. The number of nitrogens with two attached hydrogens (primary N) is 1. The normalized spacial score (nSPS) is 10.2. The highest BCUT2D eigenvalue weighted by molar-refractivity contribution is 9.10. The predicted molar refractivity (Wildman–Crippen MR) is 67.2 cm³/mol. The van der Waals surface area contributed by atoms with Crippen LogP contribution in [-0.2, 0) is 0 Å². The summed E-state index contributed by atoms with van der Waals surface area (Å²) in [6.45, 7) is 0. The molecule has 0 saturated carbocycles. The van der Waals surface area contributed by atoms with Crippen molar-refractivity contribution in [3.8, 4) is 0 Å². The third-order valence-corrected chi connectivity index (χ3v) is 2.66. The van der Waals surface area contributed by atoms with Gasteiger partial charge in [-0.3, -0.25) is 4.98 Å². The molecule has 0 unspecified atom stereocenters. The largest absolute Gasteiger partial charge is 0.336 e. The predicted octanol–water partition coefficient (Wildman–Crippen LogP) is 2.55. The zero-order valence-electron chi connectivity index (χ0n) is 8.92. The monoisotopic (exact) mass is 315 g/mol. The van der Waals surface area contributed by atoms with Crippen molar-refractivity contribution in [2.75, 3.05) is 10.7 Å². The van der Waals surface area contributed by atoms with Crippen molar-refractivity contribution in [3.63, 3.8) is 0 Å². The molecule has 0 amide bonds. The zero-order valence-corrected chi connectivity index (χ0v) is 10.5. The number of hydrogen-bond donors (Lipinski definition) is 3. The second-order valence-electron chi connectivity index (χ2n) is 3.31. The molecular weight excluding hydrogens is 308 g/mol. The van der Waals surface area contributed by atoms with E-state index in [1.54, 1.807) is 0 Å². The minimum atomic E-state index is -0.733. The van der Waals surface area contributed by atoms with Crippen molar-refractivity contribution in [1.82, 2.24) is 9.97 Å². The third kappa shape index (κ3) is 2.71. The summed E-state index contributed by atoms with van der Waals surface area (Å²) in [5.41, 5.74) is 2.39. The number of hydrazine groups is 1. The maximum atomic E-state index is 13.5. The van der Waals surface area contributed by atoms with Crippen LogP contribution in [0.2, 0.25) is 0 Å². The second-order valence-corrected chi connectivity index (χ2v) is 4.16. The molecule has 0 bridgehead atoms. The average Bonchev–Trinajstić information content (AvgIpc) is 2.36. The van der Waals surface area contributed by atoms with Gasteiger partial charge in [-0.1, -0.05) is 0 Å². The van der Waals surface area contributed by atoms with Crippen molar-refractivity contribution in [2.24, 2.45) is 5.84 Å². The van der Waals surface area contributed by atoms with E-state index < -0.39 is 11.6 Å². The topological polar surface area (TPSA) is 75.9 Å². The van der Waals surface area contributed by atoms with Gasteiger partial charge in [-0.05, 0) is 22.0 Å². The van der Waals surface area contributed by atoms with Gasteiger partial charge in [-0.2, -0.15) is 0 Å². The van der Waals surface area contributed by atoms with E-state index in [1.807, 2.05) is 0 Å². The van der Waals surface area contributed by atoms with Crippen LogP contribution in [0.4, 0.5) is 26.1 Å². The Morgan fingerprint density at radius 2 is 1.83 bits per heavy atom. The van der Waals surface area contributed by atoms with Crippen LogP contribution in [0, 0.1) is 11.6 Å². The second kappa shape index (κ2) is 5.23. The Hall–Kier alpha value is -1.80. The molecule has 0 saturated heterocycles. The van der Waals surface area contributed by atoms with Gasteiger partial charge in [0.25, 0.3) is 0 Å². The minimum absolute atomic E-state index is 0.0757. The van der Waals surface area contributed by atoms with E-state index in [-0.39, 0.29) is 16.0 Å². The van der Waals surface area contributed by atoms with Gasteiger partial charge in [0.05, 0.1) is 22.6 Å². The molecule has 2 aromatic rings. The fourth-order valence-corrected chi connectivity index (χ4v) is 1.60. The van der Waals surface area contributed by atoms with Gasteiger partial charge < -0.3 is 10.7 Å². The molecule has 0 atom stereocenters. The summed E-state index contributed by atoms with van der Waals surface area (Å²) >= 11 is 2.97. The quantitative estimate of drug-likeness (QED) is 0.461. The summed E-state index contributed by atoms with van der Waals surface area (Å²) in [5, 5.41) is 2.67. The van der Waals surface area contributed by atoms with Crippen molar-refractivity contribution in [2.45, 2.75) is 0 Å². The highest BCUT2D eigenvalue weighted by atomic mass is 79.9. The van der Waals surface area contributed by atoms with Crippen LogP contribution in [-0.4, -0.2) is 9.97 Å². The lowest BCUT2D eigenvalue weighted by atomic mass is 10.3. The van der Waals surface area contributed by atoms with Gasteiger partial charge in [0.15, 0.2) is 11.6 Å². The molecule has 0 aliphatic carbocycles. The summed E-state index contributed by atoms with van der Waals surface area (Å²) in [6.07, 6.45) is 2.79. The Balaban J connectivity index is 2.30. The van der Waals surface area contributed by atoms with Crippen molar-refractivity contribution < 1.29 is 8.78 Å². The van der Waals surface area contributed by atoms with Crippen LogP contribution in [0.1, 0.15) is 0 Å². The van der Waals surface area contributed by atoms with Gasteiger partial charge in [0.2, 0.25) is 0 Å². The first-order valence-corrected chi connectivity index (χ1v) is 5.59. The van der Waals surface area contributed by atoms with Crippen LogP contribution in [0.15, 0.2) is 29.0 Å². The molecule has 1 aromatic heterocycles. The lowest BCUT2D eigenvalue weighted by molar-refractivity contribution is 0.581. The molecule has 18 heavy (non-hydrogen) atoms. The molecule has 0 aliphatic heterocycles. The molecule has 2 rings (SSSR count). The summed E-state index contributed by atoms with van der Waals surface area (Å²) in [6, 6.07) is 2.04. The number of benzene rings is 1. The van der Waals surface area contributed by atoms with Crippen LogP contribution in [0.3, 0.4) is 0 Å². The Morgan fingerprint density at radius 3 is 2.56 bits per heavy atom. The van der Waals surface area contributed by atoms with E-state index >= 15 is 0 Å². The van der Waals surface area contributed by atoms with Gasteiger partial charge in [-0.15, -0.1) is 0 Å². The standard InChI is InChI=1S/C10H8BrF2N5/c11-5-1-8(7(13)2-6(5)12)16-9-3-15-4-10(17-9)18-14/h1-4H,14H2,(H2,16,17,18). The summed E-state index contributed by atoms with van der Waals surface area (Å²) in [7, 11) is 0. The number of halogens is 3. The van der Waals surface area contributed by atoms with Gasteiger partial charge in [-0.25, -0.2) is 19.6 Å². The number of nitrogen functional groups attached to an aromatic ring is 1. The Morgan fingerprint density at radius 1 is 1.11 bits per heavy atom. The molecule has 4 N–H and O–H groups in total. The van der Waals surface area contributed by atoms with E-state index in [0.717, 1.165) is 6.07 Å². The maximum Gasteiger partial charge on any atom is 0.160 e. The minimum Gasteiger partial charge on any atom is -0.336 e. The first-order valence-electron chi connectivity index (χ1n) is 4.80. The highest BCUT2D eigenvalue weighted by Gasteiger charge is 2.09. The first-order chi connectivity index (χ1) is 8.60. The molecule has 0 fully saturated rings. The number of hydrogen-bond acceptors (Lipinski definition) is 5. The molecular formula is C10H8BrF2N5. The van der Waals surface area contributed by atoms with E-state index in [4.69, 9.17) is 5.84 Å². The number of aromatic nitrogens is 2. The number of anilines is 3. The maximum absolute atomic E-state index is 13.5. The molecule has 8 heteroatoms. The fourth-order valence-electron chi connectivity index (χ4n) is 1.25. The molecule has 0 spiro atoms. The van der Waals surface area contributed by atoms with Gasteiger partial charge >= 0.3 is 0 Å². The molecule has 5 nitrogen and oxygen atoms in total. The van der Waals surface area contributed by atoms with Gasteiger partial charge in [0.1, 0.15) is 11.6 Å². The van der Waals surface area contributed by atoms with E-state index in [9.17, 15) is 8.78 Å². The number of rotatable bonds is 3. The lowest BCUT2D eigenvalue weighted by Gasteiger charge is -2.08. The summed E-state index contributed by atoms with van der Waals surface area (Å²) < 4.78 is 26.7. The van der Waals surface area contributed by atoms with E-state index in [0.29, 0.717) is 5.82 Å². The van der Waals surface area contributed by atoms with Crippen molar-refractivity contribution in [3.05, 3.63) is 40.6 Å². The fraction of sp³-hybridized carbons (Fsp3) is 0. The van der Waals surface area contributed by atoms with E-state index in [2.05, 4.69) is 36.6 Å². The lowest BCUT2D eigenvalue weighted by Crippen LogP contribution is -2.09. The van der Waals surface area contributed by atoms with Crippen LogP contribution in [0.25, 0.3) is 0 Å². The summed E-state index contributed by atoms with van der Waals surface area (Å²) in [4.78, 5) is 7.84. The molecule has 1 heterocycles. The van der Waals surface area contributed by atoms with Crippen molar-refractivity contribution in [1.29, 1.82) is 0 Å². The Kier molecular flexibility index (Phi) is 3.68. The van der Waals surface area contributed by atoms with E-state index in [1.165, 1.54) is 18.5 Å². The Bertz CT molecular complexity index is 578. The smallest absolute Gasteiger partial charge is 0.160 e. The SMILES string of the molecule is NNc1cncc(Nc2cc(Br)c(F)cc2F)n1. The average molecular weight is 316 g/mol. The van der Waals surface area contributed by atoms with Crippen LogP contribution >= 0.6 is 15.9 Å². The highest BCUT2D eigenvalue weighted by Crippen LogP contribution is 2.25. The number of nitrogens with one attached hydrogen (secondary N) is 2. The van der Waals surface area contributed by atoms with Crippen LogP contribution < -0.4 is 16.6 Å². The van der Waals surface area contributed by atoms with Crippen molar-refractivity contribution >= 4 is 33.3 Å². The zero-order chi connectivity index (χ0) is 13.1. The van der Waals surface area contributed by atoms with Crippen LogP contribution in [0.5, 0.6) is 0 Å². The molecule has 94 valence electrons. The first kappa shape index (κ1) is 12.7. The Labute approximate surface area is 110 Å². The molecule has 0 aliphatic rings. The molecule has 0 radical (unpaired) electrons. The summed E-state index contributed by atoms with van der Waals surface area (Å²) in [5.74, 6) is 4.36.